The zero-order valence-corrected chi connectivity index (χ0v) is 34.1. The van der Waals surface area contributed by atoms with E-state index in [2.05, 4.69) is 30.6 Å². The van der Waals surface area contributed by atoms with Crippen LogP contribution in [0.3, 0.4) is 0 Å². The number of aromatic nitrogens is 4. The number of hydrogen-bond donors (Lipinski definition) is 4. The Hall–Kier alpha value is -5.97. The number of benzene rings is 2. The lowest BCUT2D eigenvalue weighted by molar-refractivity contribution is -0.137. The molecule has 0 spiro atoms. The molecule has 0 aliphatic carbocycles. The molecule has 0 bridgehead atoms. The van der Waals surface area contributed by atoms with Gasteiger partial charge in [0, 0.05) is 43.3 Å². The van der Waals surface area contributed by atoms with Crippen molar-refractivity contribution in [3.8, 4) is 34.0 Å². The number of nitrogens with zero attached hydrogens (tertiary/aromatic N) is 4. The number of aromatic amines is 2. The van der Waals surface area contributed by atoms with Gasteiger partial charge in [0.25, 0.3) is 0 Å². The minimum absolute atomic E-state index is 0.120. The average molecular weight is 815 g/mol. The molecule has 7 rings (SSSR count). The predicted octanol–water partition coefficient (Wildman–Crippen LogP) is 6.16. The Balaban J connectivity index is 1.06. The molecule has 4 amide bonds. The number of alkyl carbamates (subject to hydrolysis) is 2. The largest absolute Gasteiger partial charge is 0.457 e. The van der Waals surface area contributed by atoms with E-state index in [1.807, 2.05) is 32.0 Å². The summed E-state index contributed by atoms with van der Waals surface area (Å²) in [5, 5.41) is 5.31. The molecule has 0 saturated carbocycles. The highest BCUT2D eigenvalue weighted by molar-refractivity contribution is 5.87. The maximum absolute atomic E-state index is 15.9. The minimum Gasteiger partial charge on any atom is -0.457 e. The van der Waals surface area contributed by atoms with E-state index < -0.39 is 36.2 Å². The monoisotopic (exact) mass is 814 g/mol. The van der Waals surface area contributed by atoms with Crippen LogP contribution < -0.4 is 15.4 Å². The lowest BCUT2D eigenvalue weighted by Crippen LogP contribution is -2.54. The Bertz CT molecular complexity index is 2210. The van der Waals surface area contributed by atoms with Crippen LogP contribution in [0.1, 0.15) is 87.7 Å². The van der Waals surface area contributed by atoms with Crippen molar-refractivity contribution in [2.45, 2.75) is 89.6 Å². The van der Waals surface area contributed by atoms with E-state index in [-0.39, 0.29) is 35.4 Å². The number of fused-ring (bicyclic) bond motifs is 2. The molecule has 2 fully saturated rings. The van der Waals surface area contributed by atoms with Gasteiger partial charge in [-0.1, -0.05) is 20.3 Å². The van der Waals surface area contributed by atoms with E-state index >= 15 is 4.39 Å². The Labute approximate surface area is 341 Å². The molecule has 17 heteroatoms. The van der Waals surface area contributed by atoms with Crippen LogP contribution in [0.15, 0.2) is 42.7 Å². The van der Waals surface area contributed by atoms with Gasteiger partial charge in [-0.15, -0.1) is 0 Å². The maximum atomic E-state index is 15.9. The van der Waals surface area contributed by atoms with Gasteiger partial charge >= 0.3 is 12.2 Å². The van der Waals surface area contributed by atoms with Crippen molar-refractivity contribution in [2.75, 3.05) is 34.4 Å². The number of carbonyl (C=O) groups is 4. The fourth-order valence-corrected chi connectivity index (χ4v) is 8.20. The SMILES string of the molecule is CC[C@H](C)C(NC(=O)OC)C(=O)N1CCC[C@H]1c1ncc(-c2cc3c(cc2F)Cc2cc(-c4cnc([C@@H]5CCCN5C(=O)[C@@H](NC(=O)OC)[C@@H](C)OC)[nH]4)ccc2O3)[nH]1. The zero-order chi connectivity index (χ0) is 42.0. The van der Waals surface area contributed by atoms with Crippen LogP contribution in [-0.4, -0.2) is 106 Å². The van der Waals surface area contributed by atoms with Crippen LogP contribution in [0.25, 0.3) is 22.5 Å². The lowest BCUT2D eigenvalue weighted by Gasteiger charge is -2.30. The summed E-state index contributed by atoms with van der Waals surface area (Å²) in [5.74, 6) is 1.27. The summed E-state index contributed by atoms with van der Waals surface area (Å²) < 4.78 is 37.2. The van der Waals surface area contributed by atoms with Gasteiger partial charge in [0.1, 0.15) is 41.0 Å². The fraction of sp³-hybridized carbons (Fsp3) is 0.476. The number of nitrogens with one attached hydrogen (secondary N) is 4. The standard InChI is InChI=1S/C42H51FN8O8/c1-7-22(2)35(48-41(54)57-5)39(52)50-14-8-11-32(50)38-45-21-30(47-38)27-19-34-26(18-28(27)43)17-25-16-24(12-13-33(25)59-34)29-20-44-37(46-29)31-10-9-15-51(31)40(53)36(23(3)56-4)49-42(55)58-6/h12-13,16,18-23,31-32,35-36H,7-11,14-15,17H2,1-6H3,(H,44,46)(H,45,47)(H,48,54)(H,49,55)/t22-,23+,31-,32-,35?,36-/m0/s1. The summed E-state index contributed by atoms with van der Waals surface area (Å²) in [6.45, 7) is 6.59. The molecular weight excluding hydrogens is 764 g/mol. The van der Waals surface area contributed by atoms with Crippen LogP contribution in [0.4, 0.5) is 14.0 Å². The third kappa shape index (κ3) is 8.33. The molecule has 4 aromatic rings. The van der Waals surface area contributed by atoms with Gasteiger partial charge < -0.3 is 49.3 Å². The molecule has 2 saturated heterocycles. The van der Waals surface area contributed by atoms with Crippen LogP contribution in [0.5, 0.6) is 11.5 Å². The summed E-state index contributed by atoms with van der Waals surface area (Å²) >= 11 is 0. The molecule has 2 aromatic heterocycles. The number of likely N-dealkylation sites (tertiary alicyclic amines) is 2. The Morgan fingerprint density at radius 1 is 0.831 bits per heavy atom. The number of rotatable bonds is 12. The van der Waals surface area contributed by atoms with Crippen LogP contribution in [-0.2, 0) is 30.2 Å². The first-order chi connectivity index (χ1) is 28.4. The molecular formula is C42H51FN8O8. The highest BCUT2D eigenvalue weighted by Gasteiger charge is 2.40. The average Bonchev–Trinajstić information content (AvgIpc) is 4.09. The molecule has 0 radical (unpaired) electrons. The van der Waals surface area contributed by atoms with Crippen molar-refractivity contribution >= 4 is 24.0 Å². The second-order valence-electron chi connectivity index (χ2n) is 15.3. The highest BCUT2D eigenvalue weighted by Crippen LogP contribution is 2.42. The molecule has 5 heterocycles. The Kier molecular flexibility index (Phi) is 12.2. The number of amides is 4. The van der Waals surface area contributed by atoms with E-state index in [1.54, 1.807) is 35.2 Å². The van der Waals surface area contributed by atoms with E-state index in [4.69, 9.17) is 18.9 Å². The number of H-pyrrole nitrogens is 2. The summed E-state index contributed by atoms with van der Waals surface area (Å²) in [4.78, 5) is 70.9. The molecule has 59 heavy (non-hydrogen) atoms. The van der Waals surface area contributed by atoms with Crippen LogP contribution in [0, 0.1) is 11.7 Å². The molecule has 3 aliphatic heterocycles. The van der Waals surface area contributed by atoms with Crippen molar-refractivity contribution in [1.82, 2.24) is 40.4 Å². The van der Waals surface area contributed by atoms with Crippen LogP contribution in [0.2, 0.25) is 0 Å². The Morgan fingerprint density at radius 3 is 2.02 bits per heavy atom. The van der Waals surface area contributed by atoms with Crippen molar-refractivity contribution in [3.05, 3.63) is 71.3 Å². The summed E-state index contributed by atoms with van der Waals surface area (Å²) in [5.41, 5.74) is 3.89. The van der Waals surface area contributed by atoms with E-state index in [1.165, 1.54) is 27.4 Å². The minimum atomic E-state index is -0.935. The predicted molar refractivity (Wildman–Crippen MR) is 213 cm³/mol. The second-order valence-corrected chi connectivity index (χ2v) is 15.3. The van der Waals surface area contributed by atoms with Gasteiger partial charge in [-0.3, -0.25) is 9.59 Å². The first-order valence-electron chi connectivity index (χ1n) is 20.0. The van der Waals surface area contributed by atoms with Crippen molar-refractivity contribution in [3.63, 3.8) is 0 Å². The summed E-state index contributed by atoms with van der Waals surface area (Å²) in [6, 6.07) is 6.55. The first kappa shape index (κ1) is 41.2. The molecule has 4 N–H and O–H groups in total. The smallest absolute Gasteiger partial charge is 0.407 e. The topological polar surface area (TPSA) is 193 Å². The van der Waals surface area contributed by atoms with Gasteiger partial charge in [-0.2, -0.15) is 0 Å². The van der Waals surface area contributed by atoms with Crippen molar-refractivity contribution in [1.29, 1.82) is 0 Å². The number of methoxy groups -OCH3 is 3. The second kappa shape index (κ2) is 17.5. The third-order valence-corrected chi connectivity index (χ3v) is 11.8. The van der Waals surface area contributed by atoms with Gasteiger partial charge in [-0.25, -0.2) is 23.9 Å². The summed E-state index contributed by atoms with van der Waals surface area (Å²) in [6.07, 6.45) is 5.33. The molecule has 1 unspecified atom stereocenters. The van der Waals surface area contributed by atoms with E-state index in [9.17, 15) is 19.2 Å². The number of halogens is 1. The molecule has 6 atom stereocenters. The number of carbonyl (C=O) groups excluding carboxylic acids is 4. The van der Waals surface area contributed by atoms with Gasteiger partial charge in [0.05, 0.1) is 56.2 Å². The number of hydrogen-bond acceptors (Lipinski definition) is 10. The normalized spacial score (nSPS) is 19.2. The third-order valence-electron chi connectivity index (χ3n) is 11.8. The lowest BCUT2D eigenvalue weighted by atomic mass is 9.96. The molecule has 3 aliphatic rings. The number of ether oxygens (including phenoxy) is 4. The highest BCUT2D eigenvalue weighted by atomic mass is 19.1. The van der Waals surface area contributed by atoms with E-state index in [0.717, 1.165) is 29.7 Å². The van der Waals surface area contributed by atoms with Crippen molar-refractivity contribution in [2.24, 2.45) is 5.92 Å². The van der Waals surface area contributed by atoms with Gasteiger partial charge in [0.2, 0.25) is 11.8 Å². The maximum Gasteiger partial charge on any atom is 0.407 e. The van der Waals surface area contributed by atoms with E-state index in [0.29, 0.717) is 73.2 Å². The fourth-order valence-electron chi connectivity index (χ4n) is 8.20. The molecule has 2 aromatic carbocycles. The van der Waals surface area contributed by atoms with Crippen molar-refractivity contribution < 1.29 is 42.5 Å². The number of imidazole rings is 2. The molecule has 16 nitrogen and oxygen atoms in total. The molecule has 314 valence electrons. The first-order valence-corrected chi connectivity index (χ1v) is 20.0. The zero-order valence-electron chi connectivity index (χ0n) is 34.1. The summed E-state index contributed by atoms with van der Waals surface area (Å²) in [7, 11) is 3.99. The Morgan fingerprint density at radius 2 is 1.41 bits per heavy atom. The quantitative estimate of drug-likeness (QED) is 0.113. The van der Waals surface area contributed by atoms with Crippen LogP contribution >= 0.6 is 0 Å². The van der Waals surface area contributed by atoms with Gasteiger partial charge in [-0.05, 0) is 74.4 Å². The van der Waals surface area contributed by atoms with Gasteiger partial charge in [0.15, 0.2) is 0 Å².